The van der Waals surface area contributed by atoms with Crippen LogP contribution in [0.3, 0.4) is 0 Å². The first kappa shape index (κ1) is 33.4. The number of benzene rings is 1. The number of hydrazine groups is 2. The molecule has 41 heavy (non-hydrogen) atoms. The van der Waals surface area contributed by atoms with E-state index in [-0.39, 0.29) is 33.6 Å². The van der Waals surface area contributed by atoms with Crippen molar-refractivity contribution >= 4 is 33.0 Å². The van der Waals surface area contributed by atoms with Crippen molar-refractivity contribution in [3.8, 4) is 0 Å². The Labute approximate surface area is 252 Å². The molecule has 1 aliphatic carbocycles. The zero-order chi connectivity index (χ0) is 30.4. The van der Waals surface area contributed by atoms with E-state index in [2.05, 4.69) is 74.3 Å². The van der Waals surface area contributed by atoms with Crippen LogP contribution >= 0.6 is 11.6 Å². The lowest BCUT2D eigenvalue weighted by molar-refractivity contribution is 0.160. The van der Waals surface area contributed by atoms with Gasteiger partial charge >= 0.3 is 0 Å². The number of rotatable bonds is 14. The Morgan fingerprint density at radius 1 is 1.17 bits per heavy atom. The predicted octanol–water partition coefficient (Wildman–Crippen LogP) is 7.51. The smallest absolute Gasteiger partial charge is 0.232 e. The third kappa shape index (κ3) is 8.72. The van der Waals surface area contributed by atoms with Gasteiger partial charge in [-0.15, -0.1) is 5.53 Å². The molecule has 1 aliphatic heterocycles. The van der Waals surface area contributed by atoms with E-state index >= 15 is 4.39 Å². The fraction of sp³-hybridized carbons (Fsp3) is 0.613. The molecule has 0 fully saturated rings. The molecule has 0 saturated carbocycles. The summed E-state index contributed by atoms with van der Waals surface area (Å²) >= 11 is 6.55. The van der Waals surface area contributed by atoms with E-state index in [4.69, 9.17) is 11.6 Å². The number of allylic oxidation sites excluding steroid dienone is 3. The molecule has 7 nitrogen and oxygen atoms in total. The SMILES string of the molecule is CCCN(CCC(CC)C(C)(C)C)C1C=C(CC)C=C(C2=CN(c3c(F)ccc(NS(=O)(=O)CCC)c3Cl)NN2)C1. The van der Waals surface area contributed by atoms with Crippen molar-refractivity contribution in [1.82, 2.24) is 15.9 Å². The van der Waals surface area contributed by atoms with Crippen LogP contribution in [0, 0.1) is 17.2 Å². The van der Waals surface area contributed by atoms with Crippen LogP contribution in [-0.2, 0) is 10.0 Å². The van der Waals surface area contributed by atoms with Gasteiger partial charge in [0.25, 0.3) is 0 Å². The summed E-state index contributed by atoms with van der Waals surface area (Å²) in [5, 5.41) is 1.46. The quantitative estimate of drug-likeness (QED) is 0.203. The molecule has 0 radical (unpaired) electrons. The van der Waals surface area contributed by atoms with Gasteiger partial charge in [-0.2, -0.15) is 0 Å². The van der Waals surface area contributed by atoms with E-state index in [9.17, 15) is 8.42 Å². The Hall–Kier alpha value is -2.07. The van der Waals surface area contributed by atoms with Gasteiger partial charge in [0.2, 0.25) is 10.0 Å². The minimum Gasteiger partial charge on any atom is -0.302 e. The number of hydrogen-bond donors (Lipinski definition) is 3. The molecule has 2 unspecified atom stereocenters. The van der Waals surface area contributed by atoms with Crippen LogP contribution < -0.4 is 20.7 Å². The molecule has 0 amide bonds. The minimum absolute atomic E-state index is 0.0143. The predicted molar refractivity (Wildman–Crippen MR) is 171 cm³/mol. The molecule has 2 atom stereocenters. The number of nitrogens with one attached hydrogen (secondary N) is 3. The molecular weight excluding hydrogens is 561 g/mol. The Morgan fingerprint density at radius 3 is 2.51 bits per heavy atom. The zero-order valence-electron chi connectivity index (χ0n) is 25.8. The average molecular weight is 610 g/mol. The van der Waals surface area contributed by atoms with Crippen molar-refractivity contribution < 1.29 is 12.8 Å². The Kier molecular flexibility index (Phi) is 11.7. The van der Waals surface area contributed by atoms with Crippen LogP contribution in [0.5, 0.6) is 0 Å². The van der Waals surface area contributed by atoms with Crippen molar-refractivity contribution in [3.05, 3.63) is 58.2 Å². The lowest BCUT2D eigenvalue weighted by atomic mass is 9.77. The Balaban J connectivity index is 1.85. The van der Waals surface area contributed by atoms with Crippen LogP contribution in [0.4, 0.5) is 15.8 Å². The normalized spacial score (nSPS) is 18.6. The van der Waals surface area contributed by atoms with E-state index in [1.54, 1.807) is 13.1 Å². The first-order valence-electron chi connectivity index (χ1n) is 15.0. The maximum Gasteiger partial charge on any atom is 0.232 e. The summed E-state index contributed by atoms with van der Waals surface area (Å²) in [6, 6.07) is 2.84. The molecule has 230 valence electrons. The van der Waals surface area contributed by atoms with Crippen LogP contribution in [0.15, 0.2) is 47.3 Å². The van der Waals surface area contributed by atoms with Gasteiger partial charge in [0.1, 0.15) is 11.5 Å². The average Bonchev–Trinajstić information content (AvgIpc) is 3.39. The lowest BCUT2D eigenvalue weighted by Crippen LogP contribution is -2.40. The number of nitrogens with zero attached hydrogens (tertiary/aromatic N) is 2. The van der Waals surface area contributed by atoms with Gasteiger partial charge in [-0.3, -0.25) is 14.6 Å². The molecule has 0 bridgehead atoms. The van der Waals surface area contributed by atoms with Gasteiger partial charge in [-0.05, 0) is 74.2 Å². The van der Waals surface area contributed by atoms with Gasteiger partial charge in [0, 0.05) is 12.2 Å². The molecule has 1 aromatic rings. The first-order chi connectivity index (χ1) is 19.3. The Bertz CT molecular complexity index is 1260. The van der Waals surface area contributed by atoms with Gasteiger partial charge in [-0.1, -0.05) is 84.2 Å². The molecule has 3 rings (SSSR count). The largest absolute Gasteiger partial charge is 0.302 e. The van der Waals surface area contributed by atoms with E-state index < -0.39 is 15.8 Å². The number of sulfonamides is 1. The second-order valence-electron chi connectivity index (χ2n) is 12.2. The second-order valence-corrected chi connectivity index (χ2v) is 14.4. The van der Waals surface area contributed by atoms with Crippen LogP contribution in [0.25, 0.3) is 0 Å². The maximum atomic E-state index is 15.0. The van der Waals surface area contributed by atoms with Gasteiger partial charge in [0.15, 0.2) is 0 Å². The fourth-order valence-electron chi connectivity index (χ4n) is 5.73. The van der Waals surface area contributed by atoms with E-state index in [1.807, 2.05) is 0 Å². The highest BCUT2D eigenvalue weighted by Crippen LogP contribution is 2.38. The molecule has 0 saturated heterocycles. The topological polar surface area (TPSA) is 76.7 Å². The highest BCUT2D eigenvalue weighted by atomic mass is 35.5. The summed E-state index contributed by atoms with van der Waals surface area (Å²) in [6.45, 7) is 17.6. The summed E-state index contributed by atoms with van der Waals surface area (Å²) in [5.74, 6) is 0.0496. The van der Waals surface area contributed by atoms with Crippen molar-refractivity contribution in [1.29, 1.82) is 0 Å². The lowest BCUT2D eigenvalue weighted by Gasteiger charge is -2.36. The molecule has 10 heteroatoms. The number of anilines is 2. The minimum atomic E-state index is -3.58. The van der Waals surface area contributed by atoms with Crippen LogP contribution in [-0.4, -0.2) is 38.2 Å². The van der Waals surface area contributed by atoms with Gasteiger partial charge in [-0.25, -0.2) is 12.8 Å². The molecule has 3 N–H and O–H groups in total. The van der Waals surface area contributed by atoms with E-state index in [0.29, 0.717) is 12.3 Å². The number of halogens is 2. The highest BCUT2D eigenvalue weighted by Gasteiger charge is 2.29. The third-order valence-electron chi connectivity index (χ3n) is 8.03. The van der Waals surface area contributed by atoms with Crippen molar-refractivity contribution in [2.45, 2.75) is 93.0 Å². The van der Waals surface area contributed by atoms with Crippen molar-refractivity contribution in [2.24, 2.45) is 11.3 Å². The molecule has 2 aliphatic rings. The van der Waals surface area contributed by atoms with Crippen LogP contribution in [0.1, 0.15) is 87.0 Å². The summed E-state index contributed by atoms with van der Waals surface area (Å²) in [6.07, 6.45) is 12.0. The fourth-order valence-corrected chi connectivity index (χ4v) is 7.22. The second kappa shape index (κ2) is 14.4. The Morgan fingerprint density at radius 2 is 1.90 bits per heavy atom. The van der Waals surface area contributed by atoms with E-state index in [0.717, 1.165) is 50.0 Å². The molecule has 1 heterocycles. The number of hydrogen-bond acceptors (Lipinski definition) is 6. The first-order valence-corrected chi connectivity index (χ1v) is 17.0. The van der Waals surface area contributed by atoms with Crippen molar-refractivity contribution in [3.63, 3.8) is 0 Å². The summed E-state index contributed by atoms with van der Waals surface area (Å²) in [4.78, 5) is 2.61. The van der Waals surface area contributed by atoms with E-state index in [1.165, 1.54) is 29.1 Å². The summed E-state index contributed by atoms with van der Waals surface area (Å²) in [5.41, 5.74) is 9.90. The van der Waals surface area contributed by atoms with Crippen molar-refractivity contribution in [2.75, 3.05) is 28.6 Å². The summed E-state index contributed by atoms with van der Waals surface area (Å²) in [7, 11) is -3.58. The molecule has 0 aromatic heterocycles. The van der Waals surface area contributed by atoms with Gasteiger partial charge < -0.3 is 5.43 Å². The third-order valence-corrected chi connectivity index (χ3v) is 9.89. The molecular formula is C31H49ClFN5O2S. The standard InChI is InChI=1S/C31H49ClFN5O2S/c1-8-15-37(16-14-24(11-4)31(5,6)7)25-19-22(10-3)18-23(20-25)28-21-38(36-34-28)30-26(33)12-13-27(29(30)32)35-41(39,40)17-9-2/h12-13,18-19,21,24-25,34-36H,8-11,14-17,20H2,1-7H3. The maximum absolute atomic E-state index is 15.0. The van der Waals surface area contributed by atoms with Crippen LogP contribution in [0.2, 0.25) is 5.02 Å². The zero-order valence-corrected chi connectivity index (χ0v) is 27.4. The molecule has 0 spiro atoms. The summed E-state index contributed by atoms with van der Waals surface area (Å²) < 4.78 is 42.2. The highest BCUT2D eigenvalue weighted by molar-refractivity contribution is 7.92. The monoisotopic (exact) mass is 609 g/mol. The molecule has 1 aromatic carbocycles. The van der Waals surface area contributed by atoms with Gasteiger partial charge in [0.05, 0.1) is 22.2 Å².